The number of rotatable bonds is 30. The zero-order valence-electron chi connectivity index (χ0n) is 156. The van der Waals surface area contributed by atoms with Crippen LogP contribution in [0, 0.1) is 0 Å². The fourth-order valence-electron chi connectivity index (χ4n) is 10.3. The van der Waals surface area contributed by atoms with Gasteiger partial charge in [0.2, 0.25) is 0 Å². The van der Waals surface area contributed by atoms with E-state index in [9.17, 15) is 28.8 Å². The highest BCUT2D eigenvalue weighted by atomic mass is 16.6. The van der Waals surface area contributed by atoms with Crippen molar-refractivity contribution >= 4 is 102 Å². The molecule has 18 rings (SSSR count). The summed E-state index contributed by atoms with van der Waals surface area (Å²) in [5, 5.41) is -5.29. The van der Waals surface area contributed by atoms with Crippen molar-refractivity contribution in [2.24, 2.45) is 0 Å². The molecule has 0 saturated carbocycles. The second-order valence-corrected chi connectivity index (χ2v) is 25.5. The van der Waals surface area contributed by atoms with Gasteiger partial charge in [-0.05, 0) is 300 Å². The number of aryl methyl sites for hydroxylation is 3. The molecule has 0 radical (unpaired) electrons. The molecule has 12 N–H and O–H groups in total. The van der Waals surface area contributed by atoms with Crippen LogP contribution in [0.4, 0.5) is 28.8 Å². The number of carbonyl (C=O) groups excluding carboxylic acids is 6. The molecule has 0 spiro atoms. The molecule has 6 saturated heterocycles. The smallest absolute Gasteiger partial charge is 0.407 e. The number of hydrogen-bond acceptors (Lipinski definition) is 18. The van der Waals surface area contributed by atoms with Gasteiger partial charge in [-0.2, -0.15) is 0 Å². The number of fused-ring (bicyclic) bond motifs is 6. The van der Waals surface area contributed by atoms with Gasteiger partial charge in [0.25, 0.3) is 0 Å². The van der Waals surface area contributed by atoms with Crippen LogP contribution < -0.4 is 31.9 Å². The molecule has 0 unspecified atom stereocenters. The molecule has 6 fully saturated rings. The fourth-order valence-corrected chi connectivity index (χ4v) is 10.3. The van der Waals surface area contributed by atoms with E-state index in [1.54, 1.807) is 14.1 Å². The molecule has 30 nitrogen and oxygen atoms in total. The van der Waals surface area contributed by atoms with Crippen LogP contribution in [0.2, 0.25) is 16.9 Å². The Morgan fingerprint density at radius 2 is 0.524 bits per heavy atom. The largest absolute Gasteiger partial charge is 0.447 e. The Bertz CT molecular complexity index is 10400. The van der Waals surface area contributed by atoms with E-state index in [4.69, 9.17) is 124 Å². The minimum Gasteiger partial charge on any atom is -0.447 e. The summed E-state index contributed by atoms with van der Waals surface area (Å²) >= 11 is 0. The molecule has 6 aliphatic rings. The van der Waals surface area contributed by atoms with Crippen molar-refractivity contribution in [1.29, 1.82) is 0 Å². The van der Waals surface area contributed by atoms with E-state index in [2.05, 4.69) is 28.4 Å². The van der Waals surface area contributed by atoms with Crippen LogP contribution in [0.15, 0.2) is 146 Å². The zero-order chi connectivity index (χ0) is 168. The van der Waals surface area contributed by atoms with Gasteiger partial charge in [0.15, 0.2) is 16.9 Å². The van der Waals surface area contributed by atoms with Crippen LogP contribution in [0.3, 0.4) is 0 Å². The lowest BCUT2D eigenvalue weighted by molar-refractivity contribution is 0.176. The Labute approximate surface area is 863 Å². The number of benzene rings is 6. The van der Waals surface area contributed by atoms with E-state index >= 15 is 0 Å². The fraction of sp³-hybridized carbons (Fsp3) is 0.438. The molecule has 6 amide bonds. The molecule has 6 aromatic heterocycles. The highest BCUT2D eigenvalue weighted by molar-refractivity contribution is 5.88. The molecular weight excluding hydrogens is 1600 g/mol. The van der Waals surface area contributed by atoms with Crippen molar-refractivity contribution < 1.29 is 181 Å². The third-order valence-electron chi connectivity index (χ3n) is 15.7. The van der Waals surface area contributed by atoms with E-state index in [1.807, 2.05) is 0 Å². The Hall–Kier alpha value is -12.1. The lowest BCUT2D eigenvalue weighted by atomic mass is 10.0. The number of H-pyrrole nitrogens is 6. The van der Waals surface area contributed by atoms with Crippen molar-refractivity contribution in [1.82, 2.24) is 91.1 Å². The molecule has 6 aromatic carbocycles. The van der Waals surface area contributed by atoms with Crippen molar-refractivity contribution in [3.05, 3.63) is 213 Å². The number of cyclic esters (lactones) is 6. The highest BCUT2D eigenvalue weighted by Gasteiger charge is 2.29. The Kier molecular flexibility index (Phi) is 10.8. The minimum atomic E-state index is -3.64. The van der Waals surface area contributed by atoms with Gasteiger partial charge in [-0.3, -0.25) is 0 Å². The summed E-state index contributed by atoms with van der Waals surface area (Å²) in [7, 11) is 8.22. The molecule has 6 atom stereocenters. The molecule has 0 aliphatic carbocycles. The van der Waals surface area contributed by atoms with Gasteiger partial charge in [-0.15, -0.1) is 0 Å². The summed E-state index contributed by atoms with van der Waals surface area (Å²) in [6.45, 7) is -49.8. The SMILES string of the molecule is [2H]c1c(C([2H])([2H])[C@]2([2H])N([2H])C(=O)OC2([2H])[2H])c([2H])c2c(C([2H])([2H])CN(C([2H])([2H])[2H])C([2H])([2H])[2H])cn([2H])c2c1[2H].[2H]c1c(C([2H])([2H])[C@]2([2H])N([2H])C(=O)OC2([2H])[2H])c([2H])c2c(C([2H])([2H])CN(C)C([2H])([2H])[2H])cn([2H])c2c1[2H].[2H]c1c(C([2H])([2H])[C@]2([2H])N([2H])C(=O)OC2([2H])[2H])c([2H])c2c(C([2H])([2H])CN(C)C)cn([2H])c2c1[2H].[2H]c1c(C([2H])([2H])[C@]2([2H])N([2H])C(=O)OC2([2H])[2H])c([2H])c2c(CC([2H])([2H])N(C([2H])([2H])[2H])C([2H])([2H])[2H])cn([2H])c2c1[2H].[2H]c1c(C([2H])([2H])[C@]2([2H])N([2H])C(=O)OC2([2H])[2H])c([2H])c2c(CC([2H])([2H])N(C)C([2H])([2H])[2H])cn([2H])c2c1[2H].[2H]c1c(C([2H])([2H])[C@]2([2H])N([2H])C(=O)OC2([2H])[2H])c([2H])c2c(CC([2H])([2H])N(C)C)cn([2H])c2c1[2H]. The lowest BCUT2D eigenvalue weighted by Gasteiger charge is -2.09. The van der Waals surface area contributed by atoms with Crippen LogP contribution >= 0.6 is 0 Å². The number of hydrogen-bond donors (Lipinski definition) is 12. The molecule has 672 valence electrons. The van der Waals surface area contributed by atoms with Crippen molar-refractivity contribution in [2.45, 2.75) is 113 Å². The van der Waals surface area contributed by atoms with E-state index < -0.39 is 480 Å². The number of alkyl carbamates (subject to hydrolysis) is 6. The number of ether oxygens (including phenoxy) is 6. The molecule has 126 heavy (non-hydrogen) atoms. The third-order valence-corrected chi connectivity index (χ3v) is 15.7. The number of aromatic amines is 6. The second kappa shape index (κ2) is 43.7. The van der Waals surface area contributed by atoms with Crippen LogP contribution in [-0.4, -0.2) is 295 Å². The first kappa shape index (κ1) is 31.2. The Morgan fingerprint density at radius 1 is 0.310 bits per heavy atom. The quantitative estimate of drug-likeness (QED) is 0.0186. The first-order valence-electron chi connectivity index (χ1n) is 79.9. The molecule has 0 bridgehead atoms. The van der Waals surface area contributed by atoms with Gasteiger partial charge in [0.05, 0.1) is 85.5 Å². The van der Waals surface area contributed by atoms with Crippen molar-refractivity contribution in [3.8, 4) is 0 Å². The minimum absolute atomic E-state index is 0.0535. The summed E-state index contributed by atoms with van der Waals surface area (Å²) in [6.07, 6.45) is -35.8. The number of amides is 6. The topological polar surface area (TPSA) is 344 Å². The van der Waals surface area contributed by atoms with Crippen LogP contribution in [0.1, 0.15) is 174 Å². The predicted octanol–water partition coefficient (Wildman–Crippen LogP) is 11.5. The Balaban J connectivity index is 0.000000207. The normalized spacial score (nSPS) is 37.0. The average Bonchev–Trinajstić information content (AvgIpc) is 1.56. The second-order valence-electron chi connectivity index (χ2n) is 25.5. The summed E-state index contributed by atoms with van der Waals surface area (Å²) < 4.78 is 754. The van der Waals surface area contributed by atoms with E-state index in [0.717, 1.165) is 45.1 Å². The number of carbonyl (C=O) groups is 6. The lowest BCUT2D eigenvalue weighted by Crippen LogP contribution is -2.28. The maximum absolute atomic E-state index is 11.9. The van der Waals surface area contributed by atoms with Crippen LogP contribution in [0.25, 0.3) is 65.4 Å². The number of nitrogens with zero attached hydrogens (tertiary/aromatic N) is 6. The summed E-state index contributed by atoms with van der Waals surface area (Å²) in [4.78, 5) is 77.4. The van der Waals surface area contributed by atoms with E-state index in [1.165, 1.54) is 23.9 Å². The Morgan fingerprint density at radius 3 is 0.746 bits per heavy atom. The van der Waals surface area contributed by atoms with Gasteiger partial charge >= 0.3 is 36.6 Å². The van der Waals surface area contributed by atoms with Crippen molar-refractivity contribution in [3.63, 3.8) is 0 Å². The monoisotopic (exact) mass is 1810 g/mol. The standard InChI is InChI=1S/6C16H21N3O2/c6*1-19(2)6-5-12-9-17-15-4-3-11(8-14(12)15)7-13-10-21-16(20)18-13/h6*3-4,8-9,13,17H,5-7,10H2,1-2H3,(H,18,20)/t6*13-/m000000/s1/i1D3,2D3,3D,4D,6D2,7D2,8D,10D2,13D;1D3,2D3,3D,4D,5D2,7D2,8D,10D2,13D;1D3,3D,4D,6D2,7D2,8D,10D2,13D;1D3,3D,4D,5D2,7D2,8D,10D2,13D;3D,4D,6D2,7D2,8D,10D2,13D;3D,4D,5D2,7D2,8D,10D2,13D/hD12. The first-order chi connectivity index (χ1) is 96.2. The van der Waals surface area contributed by atoms with Crippen molar-refractivity contribution in [2.75, 3.05) is 163 Å². The van der Waals surface area contributed by atoms with E-state index in [-0.39, 0.29) is 71.9 Å². The molecule has 12 heterocycles. The highest BCUT2D eigenvalue weighted by Crippen LogP contribution is 2.29. The van der Waals surface area contributed by atoms with Gasteiger partial charge in [0, 0.05) is 199 Å². The van der Waals surface area contributed by atoms with Crippen LogP contribution in [0.5, 0.6) is 0 Å². The molecule has 6 aliphatic heterocycles. The molecular formula is C96H126N18O12. The van der Waals surface area contributed by atoms with E-state index in [0.29, 0.717) is 45.9 Å². The molecule has 30 heteroatoms. The summed E-state index contributed by atoms with van der Waals surface area (Å²) in [5.41, 5.74) is -11.2. The first-order valence-corrected chi connectivity index (χ1v) is 35.6. The average molecular weight is 1810 g/mol. The number of aromatic nitrogens is 6. The summed E-state index contributed by atoms with van der Waals surface area (Å²) in [5.74, 6) is 0. The van der Waals surface area contributed by atoms with Crippen LogP contribution in [-0.2, 0) is 105 Å². The molecule has 12 aromatic rings. The van der Waals surface area contributed by atoms with Gasteiger partial charge < -0.3 is 120 Å². The predicted molar refractivity (Wildman–Crippen MR) is 495 cm³/mol. The number of likely N-dealkylation sites (N-methyl/N-ethyl adjacent to an activating group) is 6. The van der Waals surface area contributed by atoms with Gasteiger partial charge in [0.1, 0.15) is 39.4 Å². The maximum atomic E-state index is 11.9. The van der Waals surface area contributed by atoms with Gasteiger partial charge in [-0.25, -0.2) is 28.8 Å². The number of nitrogens with one attached hydrogen (secondary N) is 12. The third kappa shape index (κ3) is 26.5. The van der Waals surface area contributed by atoms with Gasteiger partial charge in [-0.1, -0.05) is 36.3 Å². The maximum Gasteiger partial charge on any atom is 0.407 e. The zero-order valence-corrected chi connectivity index (χ0v) is 65.7. The summed E-state index contributed by atoms with van der Waals surface area (Å²) in [6, 6.07) is -37.9.